The number of rotatable bonds is 6. The maximum atomic E-state index is 13.2. The normalized spacial score (nSPS) is 13.7. The number of H-pyrrole nitrogens is 1. The van der Waals surface area contributed by atoms with Gasteiger partial charge < -0.3 is 15.6 Å². The van der Waals surface area contributed by atoms with Crippen LogP contribution >= 0.6 is 11.6 Å². The van der Waals surface area contributed by atoms with Gasteiger partial charge in [0.25, 0.3) is 11.8 Å². The minimum atomic E-state index is -4.56. The topological polar surface area (TPSA) is 74.0 Å². The van der Waals surface area contributed by atoms with Crippen molar-refractivity contribution in [1.29, 1.82) is 0 Å². The molecular formula is C28H27ClF3N3O2. The van der Waals surface area contributed by atoms with Crippen molar-refractivity contribution in [2.45, 2.75) is 40.3 Å². The smallest absolute Gasteiger partial charge is 0.361 e. The van der Waals surface area contributed by atoms with Gasteiger partial charge in [0.1, 0.15) is 0 Å². The van der Waals surface area contributed by atoms with E-state index in [1.54, 1.807) is 38.3 Å². The maximum absolute atomic E-state index is 13.2. The molecule has 3 N–H and O–H groups in total. The predicted molar refractivity (Wildman–Crippen MR) is 142 cm³/mol. The summed E-state index contributed by atoms with van der Waals surface area (Å²) < 4.78 is 39.0. The van der Waals surface area contributed by atoms with E-state index in [0.717, 1.165) is 35.0 Å². The molecule has 0 bridgehead atoms. The van der Waals surface area contributed by atoms with Gasteiger partial charge in [0, 0.05) is 33.7 Å². The van der Waals surface area contributed by atoms with E-state index in [1.807, 2.05) is 19.9 Å². The molecule has 0 fully saturated rings. The molecule has 194 valence electrons. The number of alkyl halides is 3. The molecule has 1 aromatic heterocycles. The number of amides is 2. The van der Waals surface area contributed by atoms with E-state index in [4.69, 9.17) is 11.6 Å². The molecule has 0 aliphatic carbocycles. The van der Waals surface area contributed by atoms with Gasteiger partial charge in [-0.05, 0) is 74.7 Å². The standard InChI is InChI=1S/C28H27ClF3N3O2/c1-5-16(3)25-22(12-13-33-25)24(29)21(6-2)27(37)35-23-15-20(11-10-17(23)4)34-26(36)18-8-7-9-19(14-18)28(30,31)32/h6-15,33H,5H2,1-4H3,(H,34,36)(H,35,37)/b21-6+,24-22+,25-16-. The third-order valence-electron chi connectivity index (χ3n) is 5.91. The maximum Gasteiger partial charge on any atom is 0.416 e. The summed E-state index contributed by atoms with van der Waals surface area (Å²) in [7, 11) is 0. The molecule has 5 nitrogen and oxygen atoms in total. The number of aromatic nitrogens is 1. The second-order valence-corrected chi connectivity index (χ2v) is 8.81. The highest BCUT2D eigenvalue weighted by Crippen LogP contribution is 2.30. The zero-order valence-corrected chi connectivity index (χ0v) is 21.6. The molecule has 0 radical (unpaired) electrons. The van der Waals surface area contributed by atoms with Gasteiger partial charge in [0.2, 0.25) is 0 Å². The number of hydrogen-bond acceptors (Lipinski definition) is 2. The van der Waals surface area contributed by atoms with Gasteiger partial charge in [-0.2, -0.15) is 13.2 Å². The fourth-order valence-corrected chi connectivity index (χ4v) is 4.00. The van der Waals surface area contributed by atoms with Gasteiger partial charge in [-0.15, -0.1) is 0 Å². The Hall–Kier alpha value is -3.78. The number of allylic oxidation sites excluding steroid dienone is 1. The lowest BCUT2D eigenvalue weighted by atomic mass is 10.1. The van der Waals surface area contributed by atoms with E-state index in [1.165, 1.54) is 18.2 Å². The molecular weight excluding hydrogens is 503 g/mol. The first-order valence-corrected chi connectivity index (χ1v) is 11.9. The summed E-state index contributed by atoms with van der Waals surface area (Å²) in [5, 5.41) is 7.26. The number of hydrogen-bond donors (Lipinski definition) is 3. The van der Waals surface area contributed by atoms with Gasteiger partial charge in [-0.1, -0.05) is 36.7 Å². The Morgan fingerprint density at radius 2 is 1.81 bits per heavy atom. The molecule has 0 saturated heterocycles. The fourth-order valence-electron chi connectivity index (χ4n) is 3.65. The first-order valence-electron chi connectivity index (χ1n) is 11.6. The minimum absolute atomic E-state index is 0.139. The van der Waals surface area contributed by atoms with E-state index in [2.05, 4.69) is 15.6 Å². The van der Waals surface area contributed by atoms with E-state index < -0.39 is 23.6 Å². The van der Waals surface area contributed by atoms with Gasteiger partial charge >= 0.3 is 6.18 Å². The van der Waals surface area contributed by atoms with Crippen LogP contribution in [-0.4, -0.2) is 16.8 Å². The highest BCUT2D eigenvalue weighted by atomic mass is 35.5. The van der Waals surface area contributed by atoms with Crippen LogP contribution in [0.3, 0.4) is 0 Å². The Bertz CT molecular complexity index is 1490. The van der Waals surface area contributed by atoms with Crippen LogP contribution in [0.2, 0.25) is 0 Å². The van der Waals surface area contributed by atoms with Gasteiger partial charge in [-0.3, -0.25) is 9.59 Å². The quantitative estimate of drug-likeness (QED) is 0.337. The first kappa shape index (κ1) is 27.8. The summed E-state index contributed by atoms with van der Waals surface area (Å²) in [4.78, 5) is 28.9. The molecule has 0 atom stereocenters. The van der Waals surface area contributed by atoms with Crippen molar-refractivity contribution in [1.82, 2.24) is 4.98 Å². The summed E-state index contributed by atoms with van der Waals surface area (Å²) in [5.74, 6) is -1.15. The van der Waals surface area contributed by atoms with Gasteiger partial charge in [-0.25, -0.2) is 0 Å². The molecule has 0 saturated carbocycles. The average molecular weight is 530 g/mol. The summed E-state index contributed by atoms with van der Waals surface area (Å²) >= 11 is 6.65. The highest BCUT2D eigenvalue weighted by Gasteiger charge is 2.31. The molecule has 0 spiro atoms. The van der Waals surface area contributed by atoms with Gasteiger partial charge in [0.15, 0.2) is 0 Å². The number of halogens is 4. The van der Waals surface area contributed by atoms with Crippen LogP contribution in [0.5, 0.6) is 0 Å². The molecule has 2 aromatic carbocycles. The number of nitrogens with one attached hydrogen (secondary N) is 3. The first-order chi connectivity index (χ1) is 17.5. The predicted octanol–water partition coefficient (Wildman–Crippen LogP) is 6.11. The summed E-state index contributed by atoms with van der Waals surface area (Å²) in [6, 6.07) is 10.8. The van der Waals surface area contributed by atoms with E-state index in [0.29, 0.717) is 16.6 Å². The van der Waals surface area contributed by atoms with Crippen molar-refractivity contribution in [3.05, 3.63) is 93.6 Å². The van der Waals surface area contributed by atoms with Gasteiger partial charge in [0.05, 0.1) is 16.2 Å². The van der Waals surface area contributed by atoms with E-state index in [9.17, 15) is 22.8 Å². The second kappa shape index (κ2) is 11.5. The van der Waals surface area contributed by atoms with Crippen molar-refractivity contribution in [3.63, 3.8) is 0 Å². The Morgan fingerprint density at radius 3 is 2.46 bits per heavy atom. The molecule has 2 amide bonds. The van der Waals surface area contributed by atoms with Crippen molar-refractivity contribution in [2.75, 3.05) is 10.6 Å². The Morgan fingerprint density at radius 1 is 1.08 bits per heavy atom. The number of anilines is 2. The monoisotopic (exact) mass is 529 g/mol. The van der Waals surface area contributed by atoms with Crippen LogP contribution in [0.4, 0.5) is 24.5 Å². The zero-order valence-electron chi connectivity index (χ0n) is 20.8. The second-order valence-electron chi connectivity index (χ2n) is 8.43. The third kappa shape index (κ3) is 6.51. The Kier molecular flexibility index (Phi) is 8.65. The Labute approximate surface area is 217 Å². The highest BCUT2D eigenvalue weighted by molar-refractivity contribution is 6.52. The minimum Gasteiger partial charge on any atom is -0.361 e. The fraction of sp³-hybridized carbons (Fsp3) is 0.214. The number of carbonyl (C=O) groups is 2. The SMILES string of the molecule is C\C=C(C(=O)Nc1cc(NC(=O)c2cccc(C(F)(F)F)c2)ccc1C)/C(Cl)=c1/cc[nH]/c1=C(/C)CC. The molecule has 0 unspecified atom stereocenters. The Balaban J connectivity index is 1.87. The number of carbonyl (C=O) groups excluding carboxylic acids is 2. The lowest BCUT2D eigenvalue weighted by Gasteiger charge is -2.13. The lowest BCUT2D eigenvalue weighted by Crippen LogP contribution is -2.28. The molecule has 0 aliphatic rings. The molecule has 37 heavy (non-hydrogen) atoms. The van der Waals surface area contributed by atoms with Crippen molar-refractivity contribution < 1.29 is 22.8 Å². The largest absolute Gasteiger partial charge is 0.416 e. The zero-order chi connectivity index (χ0) is 27.3. The summed E-state index contributed by atoms with van der Waals surface area (Å²) in [6.45, 7) is 7.49. The van der Waals surface area contributed by atoms with Crippen LogP contribution in [0, 0.1) is 6.92 Å². The van der Waals surface area contributed by atoms with Crippen molar-refractivity contribution in [3.8, 4) is 0 Å². The molecule has 3 rings (SSSR count). The number of aryl methyl sites for hydroxylation is 1. The molecule has 9 heteroatoms. The molecule has 1 heterocycles. The van der Waals surface area contributed by atoms with E-state index >= 15 is 0 Å². The molecule has 3 aromatic rings. The summed E-state index contributed by atoms with van der Waals surface area (Å²) in [5.41, 5.74) is 1.75. The van der Waals surface area contributed by atoms with Crippen molar-refractivity contribution >= 4 is 45.4 Å². The van der Waals surface area contributed by atoms with Crippen LogP contribution in [0.1, 0.15) is 48.7 Å². The molecule has 0 aliphatic heterocycles. The van der Waals surface area contributed by atoms with Crippen LogP contribution in [-0.2, 0) is 11.0 Å². The average Bonchev–Trinajstić information content (AvgIpc) is 3.35. The van der Waals surface area contributed by atoms with Crippen LogP contribution < -0.4 is 21.2 Å². The van der Waals surface area contributed by atoms with Crippen LogP contribution in [0.25, 0.3) is 10.6 Å². The number of aromatic amines is 1. The van der Waals surface area contributed by atoms with Crippen LogP contribution in [0.15, 0.2) is 66.4 Å². The number of benzene rings is 2. The van der Waals surface area contributed by atoms with Crippen molar-refractivity contribution in [2.24, 2.45) is 0 Å². The van der Waals surface area contributed by atoms with E-state index in [-0.39, 0.29) is 16.2 Å². The third-order valence-corrected chi connectivity index (χ3v) is 6.31. The lowest BCUT2D eigenvalue weighted by molar-refractivity contribution is -0.137. The summed E-state index contributed by atoms with van der Waals surface area (Å²) in [6.07, 6.45) is -0.371.